The minimum absolute atomic E-state index is 0.0194. The molecule has 0 aliphatic heterocycles. The molecule has 1 unspecified atom stereocenters. The normalized spacial score (nSPS) is 13.6. The van der Waals surface area contributed by atoms with Crippen molar-refractivity contribution in [3.63, 3.8) is 0 Å². The molecule has 1 aromatic carbocycles. The van der Waals surface area contributed by atoms with Gasteiger partial charge in [0.1, 0.15) is 6.04 Å². The first-order chi connectivity index (χ1) is 11.5. The van der Waals surface area contributed by atoms with Crippen molar-refractivity contribution in [3.8, 4) is 0 Å². The predicted molar refractivity (Wildman–Crippen MR) is 93.9 cm³/mol. The van der Waals surface area contributed by atoms with E-state index in [-0.39, 0.29) is 22.3 Å². The molecule has 8 nitrogen and oxygen atoms in total. The largest absolute Gasteiger partial charge is 0.420 e. The zero-order chi connectivity index (χ0) is 19.1. The molecule has 2 rings (SSSR count). The van der Waals surface area contributed by atoms with Gasteiger partial charge in [-0.1, -0.05) is 13.8 Å². The first-order valence-electron chi connectivity index (χ1n) is 7.77. The van der Waals surface area contributed by atoms with E-state index in [1.165, 1.54) is 41.8 Å². The van der Waals surface area contributed by atoms with E-state index in [4.69, 9.17) is 4.42 Å². The van der Waals surface area contributed by atoms with Gasteiger partial charge in [-0.15, -0.1) is 0 Å². The van der Waals surface area contributed by atoms with Crippen LogP contribution in [-0.4, -0.2) is 56.3 Å². The van der Waals surface area contributed by atoms with E-state index in [1.54, 1.807) is 14.1 Å². The molecule has 1 amide bonds. The molecule has 138 valence electrons. The number of benzene rings is 1. The molecule has 0 N–H and O–H groups in total. The molecule has 0 radical (unpaired) electrons. The highest BCUT2D eigenvalue weighted by Gasteiger charge is 2.30. The van der Waals surface area contributed by atoms with Crippen molar-refractivity contribution in [2.24, 2.45) is 5.92 Å². The summed E-state index contributed by atoms with van der Waals surface area (Å²) < 4.78 is 32.1. The molecule has 9 heteroatoms. The summed E-state index contributed by atoms with van der Waals surface area (Å²) >= 11 is 0. The van der Waals surface area contributed by atoms with Crippen LogP contribution in [0.15, 0.2) is 32.3 Å². The summed E-state index contributed by atoms with van der Waals surface area (Å²) in [6, 6.07) is 3.47. The molecular formula is C16H23N3O5S. The molecule has 0 aliphatic rings. The van der Waals surface area contributed by atoms with Crippen molar-refractivity contribution in [2.45, 2.75) is 24.8 Å². The molecule has 0 bridgehead atoms. The maximum atomic E-state index is 12.5. The predicted octanol–water partition coefficient (Wildman–Crippen LogP) is 1.13. The molecule has 25 heavy (non-hydrogen) atoms. The average molecular weight is 369 g/mol. The number of oxazole rings is 1. The lowest BCUT2D eigenvalue weighted by atomic mass is 10.0. The third-order valence-corrected chi connectivity index (χ3v) is 5.78. The van der Waals surface area contributed by atoms with Crippen molar-refractivity contribution >= 4 is 27.0 Å². The summed E-state index contributed by atoms with van der Waals surface area (Å²) in [5.74, 6) is -1.08. The van der Waals surface area contributed by atoms with Crippen LogP contribution in [0.1, 0.15) is 19.9 Å². The van der Waals surface area contributed by atoms with Crippen LogP contribution in [0.4, 0.5) is 0 Å². The molecule has 0 fully saturated rings. The number of fused-ring (bicyclic) bond motifs is 1. The number of carbonyl (C=O) groups is 1. The zero-order valence-electron chi connectivity index (χ0n) is 15.2. The van der Waals surface area contributed by atoms with Crippen LogP contribution in [0.3, 0.4) is 0 Å². The van der Waals surface area contributed by atoms with Crippen molar-refractivity contribution in [1.29, 1.82) is 0 Å². The van der Waals surface area contributed by atoms with Gasteiger partial charge in [-0.2, -0.15) is 0 Å². The summed E-state index contributed by atoms with van der Waals surface area (Å²) in [4.78, 5) is 26.3. The SMILES string of the molecule is CC(C)C(C(=O)N(C)C)n1c(=O)oc2cc(S(=O)(=O)N(C)C)ccc21. The van der Waals surface area contributed by atoms with Crippen LogP contribution in [-0.2, 0) is 14.8 Å². The third-order valence-electron chi connectivity index (χ3n) is 3.97. The summed E-state index contributed by atoms with van der Waals surface area (Å²) in [5, 5.41) is 0. The average Bonchev–Trinajstić information content (AvgIpc) is 2.82. The van der Waals surface area contributed by atoms with E-state index in [0.717, 1.165) is 4.31 Å². The van der Waals surface area contributed by atoms with Crippen LogP contribution < -0.4 is 5.76 Å². The van der Waals surface area contributed by atoms with Gasteiger partial charge in [0.25, 0.3) is 0 Å². The van der Waals surface area contributed by atoms with E-state index in [1.807, 2.05) is 13.8 Å². The Bertz CT molecular complexity index is 954. The third kappa shape index (κ3) is 3.34. The van der Waals surface area contributed by atoms with Crippen molar-refractivity contribution in [2.75, 3.05) is 28.2 Å². The lowest BCUT2D eigenvalue weighted by molar-refractivity contribution is -0.133. The van der Waals surface area contributed by atoms with Crippen LogP contribution >= 0.6 is 0 Å². The second-order valence-electron chi connectivity index (χ2n) is 6.58. The summed E-state index contributed by atoms with van der Waals surface area (Å²) in [6.07, 6.45) is 0. The summed E-state index contributed by atoms with van der Waals surface area (Å²) in [5.41, 5.74) is 0.515. The van der Waals surface area contributed by atoms with Gasteiger partial charge in [-0.3, -0.25) is 9.36 Å². The van der Waals surface area contributed by atoms with E-state index in [9.17, 15) is 18.0 Å². The van der Waals surface area contributed by atoms with Crippen molar-refractivity contribution in [3.05, 3.63) is 28.7 Å². The van der Waals surface area contributed by atoms with Gasteiger partial charge in [-0.25, -0.2) is 17.5 Å². The number of nitrogens with zero attached hydrogens (tertiary/aromatic N) is 3. The second-order valence-corrected chi connectivity index (χ2v) is 8.73. The number of rotatable bonds is 5. The van der Waals surface area contributed by atoms with Gasteiger partial charge >= 0.3 is 5.76 Å². The highest BCUT2D eigenvalue weighted by molar-refractivity contribution is 7.89. The number of hydrogen-bond donors (Lipinski definition) is 0. The van der Waals surface area contributed by atoms with Crippen LogP contribution in [0.2, 0.25) is 0 Å². The molecule has 0 saturated carbocycles. The fourth-order valence-corrected chi connectivity index (χ4v) is 3.53. The van der Waals surface area contributed by atoms with Crippen LogP contribution in [0, 0.1) is 5.92 Å². The number of amides is 1. The molecule has 1 atom stereocenters. The molecule has 1 heterocycles. The highest BCUT2D eigenvalue weighted by atomic mass is 32.2. The first-order valence-corrected chi connectivity index (χ1v) is 9.21. The quantitative estimate of drug-likeness (QED) is 0.788. The second kappa shape index (κ2) is 6.64. The van der Waals surface area contributed by atoms with Gasteiger partial charge < -0.3 is 9.32 Å². The minimum Gasteiger partial charge on any atom is -0.408 e. The minimum atomic E-state index is -3.65. The standard InChI is InChI=1S/C16H23N3O5S/c1-10(2)14(15(20)17(3)4)19-12-8-7-11(25(22,23)18(5)6)9-13(12)24-16(19)21/h7-10,14H,1-6H3. The Kier molecular flexibility index (Phi) is 5.10. The number of aromatic nitrogens is 1. The molecule has 2 aromatic rings. The van der Waals surface area contributed by atoms with Gasteiger partial charge in [-0.05, 0) is 18.1 Å². The first kappa shape index (κ1) is 19.2. The lowest BCUT2D eigenvalue weighted by Crippen LogP contribution is -2.38. The molecule has 0 spiro atoms. The van der Waals surface area contributed by atoms with E-state index < -0.39 is 21.8 Å². The topological polar surface area (TPSA) is 92.8 Å². The number of likely N-dealkylation sites (N-methyl/N-ethyl adjacent to an activating group) is 1. The lowest BCUT2D eigenvalue weighted by Gasteiger charge is -2.24. The molecular weight excluding hydrogens is 346 g/mol. The maximum Gasteiger partial charge on any atom is 0.420 e. The van der Waals surface area contributed by atoms with Gasteiger partial charge in [0.15, 0.2) is 5.58 Å². The smallest absolute Gasteiger partial charge is 0.408 e. The fraction of sp³-hybridized carbons (Fsp3) is 0.500. The zero-order valence-corrected chi connectivity index (χ0v) is 16.0. The molecule has 1 aromatic heterocycles. The Morgan fingerprint density at radius 2 is 1.76 bits per heavy atom. The molecule has 0 aliphatic carbocycles. The molecule has 0 saturated heterocycles. The van der Waals surface area contributed by atoms with Gasteiger partial charge in [0, 0.05) is 34.3 Å². The van der Waals surface area contributed by atoms with Gasteiger partial charge in [0.05, 0.1) is 10.4 Å². The maximum absolute atomic E-state index is 12.5. The Morgan fingerprint density at radius 1 is 1.16 bits per heavy atom. The van der Waals surface area contributed by atoms with E-state index >= 15 is 0 Å². The Balaban J connectivity index is 2.70. The van der Waals surface area contributed by atoms with E-state index in [0.29, 0.717) is 5.52 Å². The van der Waals surface area contributed by atoms with E-state index in [2.05, 4.69) is 0 Å². The van der Waals surface area contributed by atoms with Crippen LogP contribution in [0.5, 0.6) is 0 Å². The fourth-order valence-electron chi connectivity index (χ4n) is 2.61. The Hall–Kier alpha value is -2.13. The van der Waals surface area contributed by atoms with Crippen molar-refractivity contribution < 1.29 is 17.6 Å². The number of sulfonamides is 1. The highest BCUT2D eigenvalue weighted by Crippen LogP contribution is 2.26. The Morgan fingerprint density at radius 3 is 2.24 bits per heavy atom. The summed E-state index contributed by atoms with van der Waals surface area (Å²) in [7, 11) is 2.43. The number of hydrogen-bond acceptors (Lipinski definition) is 5. The monoisotopic (exact) mass is 369 g/mol. The van der Waals surface area contributed by atoms with Gasteiger partial charge in [0.2, 0.25) is 15.9 Å². The van der Waals surface area contributed by atoms with Crippen molar-refractivity contribution in [1.82, 2.24) is 13.8 Å². The number of carbonyl (C=O) groups excluding carboxylic acids is 1. The Labute approximate surface area is 146 Å². The summed E-state index contributed by atoms with van der Waals surface area (Å²) in [6.45, 7) is 3.67. The van der Waals surface area contributed by atoms with Crippen LogP contribution in [0.25, 0.3) is 11.1 Å².